The van der Waals surface area contributed by atoms with Gasteiger partial charge < -0.3 is 11.1 Å². The molecule has 1 fully saturated rings. The van der Waals surface area contributed by atoms with Gasteiger partial charge in [-0.05, 0) is 43.5 Å². The second kappa shape index (κ2) is 6.17. The fraction of sp³-hybridized carbons (Fsp3) is 0.533. The number of likely N-dealkylation sites (N-methyl/N-ethyl adjacent to an activating group) is 1. The van der Waals surface area contributed by atoms with E-state index in [4.69, 9.17) is 5.73 Å². The number of hydrogen-bond donors (Lipinski definition) is 2. The summed E-state index contributed by atoms with van der Waals surface area (Å²) in [6, 6.07) is 6.72. The number of aryl methyl sites for hydroxylation is 1. The fourth-order valence-electron chi connectivity index (χ4n) is 2.16. The Hall–Kier alpha value is -1.39. The van der Waals surface area contributed by atoms with Gasteiger partial charge in [-0.1, -0.05) is 18.2 Å². The molecule has 1 aromatic carbocycles. The van der Waals surface area contributed by atoms with Crippen molar-refractivity contribution in [3.8, 4) is 0 Å². The molecule has 104 valence electrons. The molecule has 3 N–H and O–H groups in total. The number of carbonyl (C=O) groups excluding carboxylic acids is 1. The molecule has 0 saturated heterocycles. The van der Waals surface area contributed by atoms with Crippen LogP contribution in [0.1, 0.15) is 29.5 Å². The number of carbonyl (C=O) groups is 1. The molecule has 0 bridgehead atoms. The Kier molecular flexibility index (Phi) is 4.56. The van der Waals surface area contributed by atoms with E-state index in [1.807, 2.05) is 11.9 Å². The third-order valence-corrected chi connectivity index (χ3v) is 3.44. The summed E-state index contributed by atoms with van der Waals surface area (Å²) in [6.07, 6.45) is 2.27. The summed E-state index contributed by atoms with van der Waals surface area (Å²) in [7, 11) is 1.97. The molecule has 1 aliphatic carbocycles. The van der Waals surface area contributed by atoms with Crippen molar-refractivity contribution in [1.82, 2.24) is 10.2 Å². The number of benzene rings is 1. The zero-order valence-corrected chi connectivity index (χ0v) is 11.8. The highest BCUT2D eigenvalue weighted by atomic mass is 16.2. The molecule has 0 aromatic heterocycles. The normalized spacial score (nSPS) is 14.7. The molecule has 4 nitrogen and oxygen atoms in total. The molecule has 0 atom stereocenters. The van der Waals surface area contributed by atoms with Gasteiger partial charge in [0.2, 0.25) is 5.91 Å². The molecule has 0 radical (unpaired) electrons. The molecule has 0 unspecified atom stereocenters. The molecule has 1 aromatic rings. The second-order valence-corrected chi connectivity index (χ2v) is 5.48. The minimum Gasteiger partial charge on any atom is -0.352 e. The predicted octanol–water partition coefficient (Wildman–Crippen LogP) is 1.16. The highest BCUT2D eigenvalue weighted by Gasteiger charge is 2.23. The van der Waals surface area contributed by atoms with E-state index in [1.165, 1.54) is 11.1 Å². The van der Waals surface area contributed by atoms with Crippen LogP contribution in [0.15, 0.2) is 18.2 Å². The van der Waals surface area contributed by atoms with Crippen molar-refractivity contribution in [3.63, 3.8) is 0 Å². The summed E-state index contributed by atoms with van der Waals surface area (Å²) in [5, 5.41) is 3.01. The van der Waals surface area contributed by atoms with Crippen molar-refractivity contribution in [3.05, 3.63) is 34.9 Å². The quantitative estimate of drug-likeness (QED) is 0.808. The van der Waals surface area contributed by atoms with Crippen LogP contribution in [0.25, 0.3) is 0 Å². The lowest BCUT2D eigenvalue weighted by Gasteiger charge is -2.18. The summed E-state index contributed by atoms with van der Waals surface area (Å²) in [5.74, 6) is 0.126. The summed E-state index contributed by atoms with van der Waals surface area (Å²) >= 11 is 0. The number of rotatable bonds is 6. The summed E-state index contributed by atoms with van der Waals surface area (Å²) in [6.45, 7) is 3.90. The second-order valence-electron chi connectivity index (χ2n) is 5.48. The zero-order valence-electron chi connectivity index (χ0n) is 11.8. The number of hydrogen-bond acceptors (Lipinski definition) is 3. The fourth-order valence-corrected chi connectivity index (χ4v) is 2.16. The van der Waals surface area contributed by atoms with E-state index >= 15 is 0 Å². The summed E-state index contributed by atoms with van der Waals surface area (Å²) < 4.78 is 0. The minimum atomic E-state index is 0.126. The van der Waals surface area contributed by atoms with Gasteiger partial charge in [0.15, 0.2) is 0 Å². The molecule has 19 heavy (non-hydrogen) atoms. The van der Waals surface area contributed by atoms with Gasteiger partial charge in [0.05, 0.1) is 6.54 Å². The highest BCUT2D eigenvalue weighted by molar-refractivity contribution is 5.78. The Balaban J connectivity index is 1.86. The average molecular weight is 261 g/mol. The Morgan fingerprint density at radius 2 is 2.21 bits per heavy atom. The van der Waals surface area contributed by atoms with Crippen molar-refractivity contribution in [2.75, 3.05) is 13.6 Å². The highest BCUT2D eigenvalue weighted by Crippen LogP contribution is 2.18. The van der Waals surface area contributed by atoms with E-state index in [9.17, 15) is 4.79 Å². The van der Waals surface area contributed by atoms with Crippen LogP contribution in [0.5, 0.6) is 0 Å². The first-order valence-electron chi connectivity index (χ1n) is 6.85. The molecule has 0 heterocycles. The van der Waals surface area contributed by atoms with E-state index in [1.54, 1.807) is 0 Å². The molecule has 1 aliphatic rings. The number of nitrogens with one attached hydrogen (secondary N) is 1. The Labute approximate surface area is 115 Å². The van der Waals surface area contributed by atoms with E-state index in [2.05, 4.69) is 30.4 Å². The molecule has 1 amide bonds. The standard InChI is InChI=1S/C15H23N3O/c1-11-7-12(8-16)3-4-13(11)9-18(2)10-15(19)17-14-5-6-14/h3-4,7,14H,5-6,8-10,16H2,1-2H3,(H,17,19). The minimum absolute atomic E-state index is 0.126. The molecule has 0 aliphatic heterocycles. The molecular weight excluding hydrogens is 238 g/mol. The van der Waals surface area contributed by atoms with Crippen LogP contribution in [0.2, 0.25) is 0 Å². The largest absolute Gasteiger partial charge is 0.352 e. The smallest absolute Gasteiger partial charge is 0.234 e. The van der Waals surface area contributed by atoms with E-state index in [-0.39, 0.29) is 5.91 Å². The maximum absolute atomic E-state index is 11.7. The van der Waals surface area contributed by atoms with E-state index in [0.717, 1.165) is 24.9 Å². The Morgan fingerprint density at radius 3 is 2.79 bits per heavy atom. The summed E-state index contributed by atoms with van der Waals surface area (Å²) in [5.41, 5.74) is 9.26. The van der Waals surface area contributed by atoms with Crippen LogP contribution in [0.3, 0.4) is 0 Å². The van der Waals surface area contributed by atoms with Gasteiger partial charge >= 0.3 is 0 Å². The predicted molar refractivity (Wildman–Crippen MR) is 76.6 cm³/mol. The van der Waals surface area contributed by atoms with Gasteiger partial charge in [-0.2, -0.15) is 0 Å². The lowest BCUT2D eigenvalue weighted by Crippen LogP contribution is -2.36. The Bertz CT molecular complexity index is 455. The third kappa shape index (κ3) is 4.33. The lowest BCUT2D eigenvalue weighted by atomic mass is 10.0. The van der Waals surface area contributed by atoms with Crippen LogP contribution in [-0.4, -0.2) is 30.4 Å². The third-order valence-electron chi connectivity index (χ3n) is 3.44. The van der Waals surface area contributed by atoms with Gasteiger partial charge in [-0.25, -0.2) is 0 Å². The van der Waals surface area contributed by atoms with Crippen molar-refractivity contribution >= 4 is 5.91 Å². The van der Waals surface area contributed by atoms with Crippen LogP contribution in [0, 0.1) is 6.92 Å². The van der Waals surface area contributed by atoms with Crippen molar-refractivity contribution in [1.29, 1.82) is 0 Å². The van der Waals surface area contributed by atoms with Crippen LogP contribution < -0.4 is 11.1 Å². The maximum atomic E-state index is 11.7. The first-order valence-corrected chi connectivity index (χ1v) is 6.85. The van der Waals surface area contributed by atoms with Crippen LogP contribution >= 0.6 is 0 Å². The molecule has 2 rings (SSSR count). The molecule has 0 spiro atoms. The van der Waals surface area contributed by atoms with Gasteiger partial charge in [-0.3, -0.25) is 9.69 Å². The van der Waals surface area contributed by atoms with Gasteiger partial charge in [0.25, 0.3) is 0 Å². The zero-order chi connectivity index (χ0) is 13.8. The topological polar surface area (TPSA) is 58.4 Å². The van der Waals surface area contributed by atoms with Crippen molar-refractivity contribution < 1.29 is 4.79 Å². The van der Waals surface area contributed by atoms with Crippen LogP contribution in [0.4, 0.5) is 0 Å². The van der Waals surface area contributed by atoms with E-state index in [0.29, 0.717) is 19.1 Å². The molecule has 4 heteroatoms. The Morgan fingerprint density at radius 1 is 1.47 bits per heavy atom. The first-order chi connectivity index (χ1) is 9.08. The van der Waals surface area contributed by atoms with E-state index < -0.39 is 0 Å². The number of nitrogens with two attached hydrogens (primary N) is 1. The van der Waals surface area contributed by atoms with Gasteiger partial charge in [-0.15, -0.1) is 0 Å². The monoisotopic (exact) mass is 261 g/mol. The average Bonchev–Trinajstić information content (AvgIpc) is 3.15. The first kappa shape index (κ1) is 14.0. The van der Waals surface area contributed by atoms with Crippen molar-refractivity contribution in [2.24, 2.45) is 5.73 Å². The van der Waals surface area contributed by atoms with Crippen LogP contribution in [-0.2, 0) is 17.9 Å². The number of nitrogens with zero attached hydrogens (tertiary/aromatic N) is 1. The molecular formula is C15H23N3O. The maximum Gasteiger partial charge on any atom is 0.234 e. The van der Waals surface area contributed by atoms with Gasteiger partial charge in [0, 0.05) is 19.1 Å². The number of amides is 1. The SMILES string of the molecule is Cc1cc(CN)ccc1CN(C)CC(=O)NC1CC1. The lowest BCUT2D eigenvalue weighted by molar-refractivity contribution is -0.122. The van der Waals surface area contributed by atoms with Gasteiger partial charge in [0.1, 0.15) is 0 Å². The molecule has 1 saturated carbocycles. The summed E-state index contributed by atoms with van der Waals surface area (Å²) in [4.78, 5) is 13.8. The van der Waals surface area contributed by atoms with Crippen molar-refractivity contribution in [2.45, 2.75) is 38.9 Å².